The molecule has 1 aromatic carbocycles. The molecule has 0 aromatic heterocycles. The summed E-state index contributed by atoms with van der Waals surface area (Å²) >= 11 is 0. The number of carbonyl (C=O) groups is 2. The quantitative estimate of drug-likeness (QED) is 0.875. The van der Waals surface area contributed by atoms with Crippen LogP contribution in [0.25, 0.3) is 0 Å². The lowest BCUT2D eigenvalue weighted by molar-refractivity contribution is 0.0526. The summed E-state index contributed by atoms with van der Waals surface area (Å²) in [5, 5.41) is 5.97. The Labute approximate surface area is 138 Å². The highest BCUT2D eigenvalue weighted by Gasteiger charge is 2.16. The lowest BCUT2D eigenvalue weighted by atomic mass is 10.1. The molecule has 2 amide bonds. The van der Waals surface area contributed by atoms with Gasteiger partial charge in [0.25, 0.3) is 5.91 Å². The first-order valence-electron chi connectivity index (χ1n) is 7.63. The number of alkyl carbamates (subject to hydrolysis) is 1. The van der Waals surface area contributed by atoms with Crippen molar-refractivity contribution in [3.63, 3.8) is 0 Å². The number of anilines is 1. The molecule has 6 heteroatoms. The topological polar surface area (TPSA) is 70.7 Å². The van der Waals surface area contributed by atoms with Gasteiger partial charge in [-0.05, 0) is 45.9 Å². The molecular weight excluding hydrogens is 294 g/mol. The number of ether oxygens (including phenoxy) is 1. The van der Waals surface area contributed by atoms with Gasteiger partial charge in [-0.1, -0.05) is 6.07 Å². The van der Waals surface area contributed by atoms with Gasteiger partial charge in [0, 0.05) is 37.9 Å². The fourth-order valence-electron chi connectivity index (χ4n) is 1.89. The molecule has 0 radical (unpaired) electrons. The van der Waals surface area contributed by atoms with Gasteiger partial charge in [0.2, 0.25) is 0 Å². The summed E-state index contributed by atoms with van der Waals surface area (Å²) in [6.45, 7) is 7.82. The third-order valence-corrected chi connectivity index (χ3v) is 2.88. The first kappa shape index (κ1) is 18.8. The molecule has 2 N–H and O–H groups in total. The number of hydrogen-bond acceptors (Lipinski definition) is 4. The first-order valence-corrected chi connectivity index (χ1v) is 7.63. The number of nitrogens with zero attached hydrogens (tertiary/aromatic N) is 1. The van der Waals surface area contributed by atoms with E-state index in [0.29, 0.717) is 12.1 Å². The van der Waals surface area contributed by atoms with Crippen molar-refractivity contribution < 1.29 is 14.3 Å². The number of benzene rings is 1. The third kappa shape index (κ3) is 7.04. The van der Waals surface area contributed by atoms with E-state index in [1.165, 1.54) is 4.90 Å². The molecule has 128 valence electrons. The van der Waals surface area contributed by atoms with Crippen LogP contribution in [0.4, 0.5) is 10.5 Å². The van der Waals surface area contributed by atoms with Crippen molar-refractivity contribution in [2.45, 2.75) is 39.3 Å². The Morgan fingerprint density at radius 1 is 1.26 bits per heavy atom. The highest BCUT2D eigenvalue weighted by Crippen LogP contribution is 2.13. The van der Waals surface area contributed by atoms with Crippen molar-refractivity contribution in [1.29, 1.82) is 0 Å². The van der Waals surface area contributed by atoms with Gasteiger partial charge in [0.05, 0.1) is 0 Å². The number of nitrogens with one attached hydrogen (secondary N) is 2. The number of rotatable bonds is 5. The maximum absolute atomic E-state index is 12.0. The van der Waals surface area contributed by atoms with Crippen LogP contribution >= 0.6 is 0 Å². The minimum absolute atomic E-state index is 0.00720. The smallest absolute Gasteiger partial charge is 0.407 e. The average molecular weight is 321 g/mol. The zero-order chi connectivity index (χ0) is 17.6. The number of hydrogen-bond donors (Lipinski definition) is 2. The predicted molar refractivity (Wildman–Crippen MR) is 91.8 cm³/mol. The highest BCUT2D eigenvalue weighted by molar-refractivity contribution is 5.94. The molecule has 6 nitrogen and oxygen atoms in total. The van der Waals surface area contributed by atoms with Gasteiger partial charge in [-0.25, -0.2) is 4.79 Å². The van der Waals surface area contributed by atoms with Gasteiger partial charge in [-0.3, -0.25) is 4.79 Å². The monoisotopic (exact) mass is 321 g/mol. The molecule has 0 heterocycles. The van der Waals surface area contributed by atoms with Crippen molar-refractivity contribution in [3.05, 3.63) is 29.8 Å². The molecule has 0 fully saturated rings. The highest BCUT2D eigenvalue weighted by atomic mass is 16.6. The standard InChI is InChI=1S/C17H27N3O3/c1-12(11-18-16(22)23-17(2,3)4)19-14-9-7-8-13(10-14)15(21)20(5)6/h7-10,12,19H,11H2,1-6H3,(H,18,22). The minimum atomic E-state index is -0.512. The Morgan fingerprint density at radius 2 is 1.91 bits per heavy atom. The molecule has 0 aliphatic heterocycles. The fourth-order valence-corrected chi connectivity index (χ4v) is 1.89. The van der Waals surface area contributed by atoms with Gasteiger partial charge in [-0.2, -0.15) is 0 Å². The predicted octanol–water partition coefficient (Wildman–Crippen LogP) is 2.71. The van der Waals surface area contributed by atoms with E-state index in [1.807, 2.05) is 39.8 Å². The van der Waals surface area contributed by atoms with E-state index in [4.69, 9.17) is 4.74 Å². The summed E-state index contributed by atoms with van der Waals surface area (Å²) < 4.78 is 5.19. The van der Waals surface area contributed by atoms with Crippen LogP contribution in [0.3, 0.4) is 0 Å². The van der Waals surface area contributed by atoms with Gasteiger partial charge in [0.15, 0.2) is 0 Å². The molecule has 0 saturated carbocycles. The molecule has 0 aliphatic rings. The van der Waals surface area contributed by atoms with Crippen LogP contribution in [0.5, 0.6) is 0 Å². The van der Waals surface area contributed by atoms with E-state index in [1.54, 1.807) is 26.2 Å². The van der Waals surface area contributed by atoms with Crippen LogP contribution in [0.15, 0.2) is 24.3 Å². The van der Waals surface area contributed by atoms with E-state index in [0.717, 1.165) is 5.69 Å². The second-order valence-electron chi connectivity index (χ2n) is 6.71. The van der Waals surface area contributed by atoms with Gasteiger partial charge in [-0.15, -0.1) is 0 Å². The molecule has 0 bridgehead atoms. The van der Waals surface area contributed by atoms with Crippen molar-refractivity contribution >= 4 is 17.7 Å². The van der Waals surface area contributed by atoms with Crippen LogP contribution in [-0.4, -0.2) is 49.2 Å². The molecule has 1 unspecified atom stereocenters. The summed E-state index contributed by atoms with van der Waals surface area (Å²) in [5.74, 6) is -0.0480. The molecule has 0 spiro atoms. The Kier molecular flexibility index (Phi) is 6.42. The van der Waals surface area contributed by atoms with E-state index in [9.17, 15) is 9.59 Å². The molecule has 1 rings (SSSR count). The second kappa shape index (κ2) is 7.85. The SMILES string of the molecule is CC(CNC(=O)OC(C)(C)C)Nc1cccc(C(=O)N(C)C)c1. The minimum Gasteiger partial charge on any atom is -0.444 e. The molecule has 0 saturated heterocycles. The van der Waals surface area contributed by atoms with Crippen LogP contribution in [0, 0.1) is 0 Å². The zero-order valence-electron chi connectivity index (χ0n) is 14.8. The Hall–Kier alpha value is -2.24. The summed E-state index contributed by atoms with van der Waals surface area (Å²) in [6, 6.07) is 7.28. The lowest BCUT2D eigenvalue weighted by Gasteiger charge is -2.21. The van der Waals surface area contributed by atoms with Gasteiger partial charge < -0.3 is 20.3 Å². The summed E-state index contributed by atoms with van der Waals surface area (Å²) in [4.78, 5) is 25.1. The maximum atomic E-state index is 12.0. The zero-order valence-corrected chi connectivity index (χ0v) is 14.8. The van der Waals surface area contributed by atoms with Crippen LogP contribution < -0.4 is 10.6 Å². The third-order valence-electron chi connectivity index (χ3n) is 2.88. The van der Waals surface area contributed by atoms with Crippen molar-refractivity contribution in [2.75, 3.05) is 26.0 Å². The van der Waals surface area contributed by atoms with Crippen molar-refractivity contribution in [1.82, 2.24) is 10.2 Å². The maximum Gasteiger partial charge on any atom is 0.407 e. The van der Waals surface area contributed by atoms with Crippen LogP contribution in [0.2, 0.25) is 0 Å². The van der Waals surface area contributed by atoms with Gasteiger partial charge >= 0.3 is 6.09 Å². The summed E-state index contributed by atoms with van der Waals surface area (Å²) in [5.41, 5.74) is 0.935. The van der Waals surface area contributed by atoms with E-state index in [-0.39, 0.29) is 11.9 Å². The van der Waals surface area contributed by atoms with Crippen LogP contribution in [-0.2, 0) is 4.74 Å². The largest absolute Gasteiger partial charge is 0.444 e. The summed E-state index contributed by atoms with van der Waals surface area (Å²) in [6.07, 6.45) is -0.442. The molecule has 1 atom stereocenters. The van der Waals surface area contributed by atoms with Gasteiger partial charge in [0.1, 0.15) is 5.60 Å². The number of carbonyl (C=O) groups excluding carboxylic acids is 2. The Bertz CT molecular complexity index is 550. The molecule has 1 aromatic rings. The van der Waals surface area contributed by atoms with E-state index in [2.05, 4.69) is 10.6 Å². The normalized spacial score (nSPS) is 12.3. The molecule has 23 heavy (non-hydrogen) atoms. The fraction of sp³-hybridized carbons (Fsp3) is 0.529. The van der Waals surface area contributed by atoms with Crippen molar-refractivity contribution in [3.8, 4) is 0 Å². The van der Waals surface area contributed by atoms with E-state index >= 15 is 0 Å². The molecular formula is C17H27N3O3. The van der Waals surface area contributed by atoms with Crippen LogP contribution in [0.1, 0.15) is 38.1 Å². The molecule has 0 aliphatic carbocycles. The Balaban J connectivity index is 2.54. The van der Waals surface area contributed by atoms with E-state index < -0.39 is 11.7 Å². The summed E-state index contributed by atoms with van der Waals surface area (Å²) in [7, 11) is 3.44. The lowest BCUT2D eigenvalue weighted by Crippen LogP contribution is -2.38. The first-order chi connectivity index (χ1) is 10.6. The second-order valence-corrected chi connectivity index (χ2v) is 6.71. The number of amides is 2. The van der Waals surface area contributed by atoms with Crippen molar-refractivity contribution in [2.24, 2.45) is 0 Å². The average Bonchev–Trinajstić information content (AvgIpc) is 2.42. The Morgan fingerprint density at radius 3 is 2.48 bits per heavy atom.